The highest BCUT2D eigenvalue weighted by Crippen LogP contribution is 2.31. The zero-order valence-corrected chi connectivity index (χ0v) is 29.3. The molecule has 2 atom stereocenters. The highest BCUT2D eigenvalue weighted by Gasteiger charge is 2.33. The summed E-state index contributed by atoms with van der Waals surface area (Å²) >= 11 is 0. The van der Waals surface area contributed by atoms with E-state index in [1.807, 2.05) is 0 Å². The van der Waals surface area contributed by atoms with Crippen molar-refractivity contribution in [1.29, 1.82) is 0 Å². The van der Waals surface area contributed by atoms with Gasteiger partial charge in [0, 0.05) is 55.7 Å². The lowest BCUT2D eigenvalue weighted by Gasteiger charge is -2.29. The fraction of sp³-hybridized carbons (Fsp3) is 0.730. The van der Waals surface area contributed by atoms with Gasteiger partial charge < -0.3 is 20.4 Å². The van der Waals surface area contributed by atoms with E-state index in [9.17, 15) is 9.59 Å². The molecule has 2 aliphatic heterocycles. The molecule has 2 amide bonds. The molecule has 1 aliphatic carbocycles. The number of nitrogens with zero attached hydrogens (tertiary/aromatic N) is 4. The van der Waals surface area contributed by atoms with Crippen molar-refractivity contribution in [2.45, 2.75) is 112 Å². The molecule has 0 aromatic heterocycles. The van der Waals surface area contributed by atoms with E-state index in [0.717, 1.165) is 127 Å². The monoisotopic (exact) mass is 622 g/mol. The van der Waals surface area contributed by atoms with E-state index in [1.165, 1.54) is 5.57 Å². The van der Waals surface area contributed by atoms with E-state index in [1.54, 1.807) is 0 Å². The van der Waals surface area contributed by atoms with Gasteiger partial charge in [-0.3, -0.25) is 19.6 Å². The molecule has 0 aromatic carbocycles. The van der Waals surface area contributed by atoms with Crippen LogP contribution in [-0.2, 0) is 9.59 Å². The number of unbranched alkanes of at least 4 members (excludes halogenated alkanes) is 2. The molecule has 3 aliphatic rings. The second kappa shape index (κ2) is 18.3. The van der Waals surface area contributed by atoms with Crippen molar-refractivity contribution < 1.29 is 9.59 Å². The largest absolute Gasteiger partial charge is 0.354 e. The zero-order chi connectivity index (χ0) is 32.7. The Balaban J connectivity index is 1.56. The number of aliphatic imine (C=N–C) groups is 2. The van der Waals surface area contributed by atoms with Gasteiger partial charge in [-0.2, -0.15) is 0 Å². The number of carbonyl (C=O) groups is 2. The lowest BCUT2D eigenvalue weighted by atomic mass is 9.80. The molecule has 0 saturated heterocycles. The molecule has 0 saturated carbocycles. The molecule has 0 aromatic rings. The Morgan fingerprint density at radius 2 is 1.24 bits per heavy atom. The lowest BCUT2D eigenvalue weighted by Crippen LogP contribution is -2.43. The molecule has 45 heavy (non-hydrogen) atoms. The number of allylic oxidation sites excluding steroid dienone is 3. The minimum Gasteiger partial charge on any atom is -0.354 e. The second-order valence-corrected chi connectivity index (χ2v) is 13.6. The van der Waals surface area contributed by atoms with E-state index >= 15 is 0 Å². The minimum atomic E-state index is -0.285. The van der Waals surface area contributed by atoms with Gasteiger partial charge in [0.1, 0.15) is 11.7 Å². The van der Waals surface area contributed by atoms with Gasteiger partial charge in [-0.1, -0.05) is 104 Å². The van der Waals surface area contributed by atoms with Gasteiger partial charge in [-0.05, 0) is 37.7 Å². The maximum atomic E-state index is 13.1. The highest BCUT2D eigenvalue weighted by molar-refractivity contribution is 6.04. The van der Waals surface area contributed by atoms with Crippen LogP contribution in [0.15, 0.2) is 45.4 Å². The van der Waals surface area contributed by atoms with Gasteiger partial charge in [0.15, 0.2) is 0 Å². The Kier molecular flexibility index (Phi) is 14.9. The zero-order valence-electron chi connectivity index (χ0n) is 29.3. The van der Waals surface area contributed by atoms with Crippen molar-refractivity contribution in [3.05, 3.63) is 35.5 Å². The number of rotatable bonds is 20. The summed E-state index contributed by atoms with van der Waals surface area (Å²) < 4.78 is 0. The summed E-state index contributed by atoms with van der Waals surface area (Å²) in [7, 11) is 0. The number of amides is 2. The molecule has 2 unspecified atom stereocenters. The second-order valence-electron chi connectivity index (χ2n) is 13.6. The molecule has 0 bridgehead atoms. The molecule has 2 N–H and O–H groups in total. The Hall–Kier alpha value is -2.90. The fourth-order valence-electron chi connectivity index (χ4n) is 6.90. The van der Waals surface area contributed by atoms with Crippen LogP contribution in [-0.4, -0.2) is 85.6 Å². The van der Waals surface area contributed by atoms with E-state index in [0.29, 0.717) is 13.1 Å². The van der Waals surface area contributed by atoms with Gasteiger partial charge in [0.25, 0.3) is 0 Å². The van der Waals surface area contributed by atoms with Crippen LogP contribution in [0.25, 0.3) is 0 Å². The Morgan fingerprint density at radius 1 is 0.733 bits per heavy atom. The molecular formula is C37H62N6O2. The van der Waals surface area contributed by atoms with Crippen LogP contribution in [0.3, 0.4) is 0 Å². The van der Waals surface area contributed by atoms with Gasteiger partial charge in [-0.15, -0.1) is 0 Å². The predicted molar refractivity (Wildman–Crippen MR) is 189 cm³/mol. The molecule has 8 nitrogen and oxygen atoms in total. The van der Waals surface area contributed by atoms with Crippen molar-refractivity contribution in [3.63, 3.8) is 0 Å². The van der Waals surface area contributed by atoms with Crippen molar-refractivity contribution in [1.82, 2.24) is 20.4 Å². The Morgan fingerprint density at radius 3 is 1.76 bits per heavy atom. The summed E-state index contributed by atoms with van der Waals surface area (Å²) in [6.07, 6.45) is 19.7. The number of nitrogens with one attached hydrogen (secondary N) is 2. The maximum absolute atomic E-state index is 13.1. The Labute approximate surface area is 274 Å². The number of amidine groups is 2. The van der Waals surface area contributed by atoms with Crippen LogP contribution in [0.5, 0.6) is 0 Å². The van der Waals surface area contributed by atoms with E-state index in [4.69, 9.17) is 9.98 Å². The number of hydrogen-bond donors (Lipinski definition) is 2. The predicted octanol–water partition coefficient (Wildman–Crippen LogP) is 6.45. The molecular weight excluding hydrogens is 560 g/mol. The first-order chi connectivity index (χ1) is 21.7. The van der Waals surface area contributed by atoms with Crippen LogP contribution in [0.1, 0.15) is 112 Å². The SMILES string of the molecule is CCCCC(C)(CCC)C(=O)NCCN1CCN=C1C1=CC=C(C2=NCCN2CCNC(=O)C(C)(CCC)CCCC)CC=C1. The summed E-state index contributed by atoms with van der Waals surface area (Å²) in [6, 6.07) is 0. The summed E-state index contributed by atoms with van der Waals surface area (Å²) in [6.45, 7) is 19.0. The molecule has 3 rings (SSSR count). The van der Waals surface area contributed by atoms with Crippen molar-refractivity contribution in [3.8, 4) is 0 Å². The smallest absolute Gasteiger partial charge is 0.225 e. The summed E-state index contributed by atoms with van der Waals surface area (Å²) in [5.41, 5.74) is 1.73. The van der Waals surface area contributed by atoms with Crippen molar-refractivity contribution in [2.75, 3.05) is 52.4 Å². The number of carbonyl (C=O) groups excluding carboxylic acids is 2. The van der Waals surface area contributed by atoms with E-state index in [2.05, 4.69) is 86.3 Å². The maximum Gasteiger partial charge on any atom is 0.225 e. The average molecular weight is 623 g/mol. The Bertz CT molecular complexity index is 1140. The molecule has 2 heterocycles. The topological polar surface area (TPSA) is 89.4 Å². The fourth-order valence-corrected chi connectivity index (χ4v) is 6.90. The standard InChI is InChI=1S/C37H62N6O2/c1-7-11-20-36(5,18-9-3)34(44)40-24-28-42-26-22-38-32(42)30-14-13-15-31(17-16-30)33-39-23-27-43(33)29-25-41-35(45)37(6,19-10-4)21-12-8-2/h13-14,16-17H,7-12,15,18-29H2,1-6H3,(H,40,44)(H,41,45). The molecule has 8 heteroatoms. The van der Waals surface area contributed by atoms with Crippen LogP contribution in [0, 0.1) is 10.8 Å². The highest BCUT2D eigenvalue weighted by atomic mass is 16.2. The first-order valence-electron chi connectivity index (χ1n) is 17.9. The molecule has 0 radical (unpaired) electrons. The van der Waals surface area contributed by atoms with Crippen LogP contribution < -0.4 is 10.6 Å². The summed E-state index contributed by atoms with van der Waals surface area (Å²) in [5.74, 6) is 2.42. The van der Waals surface area contributed by atoms with Gasteiger partial charge in [-0.25, -0.2) is 0 Å². The van der Waals surface area contributed by atoms with E-state index in [-0.39, 0.29) is 22.6 Å². The quantitative estimate of drug-likeness (QED) is 0.163. The first-order valence-corrected chi connectivity index (χ1v) is 17.9. The van der Waals surface area contributed by atoms with Crippen LogP contribution in [0.4, 0.5) is 0 Å². The normalized spacial score (nSPS) is 19.2. The first kappa shape index (κ1) is 36.6. The van der Waals surface area contributed by atoms with Crippen molar-refractivity contribution in [2.24, 2.45) is 20.8 Å². The molecule has 0 fully saturated rings. The summed E-state index contributed by atoms with van der Waals surface area (Å²) in [4.78, 5) is 40.6. The lowest BCUT2D eigenvalue weighted by molar-refractivity contribution is -0.131. The van der Waals surface area contributed by atoms with Crippen LogP contribution in [0.2, 0.25) is 0 Å². The third kappa shape index (κ3) is 10.3. The average Bonchev–Trinajstić information content (AvgIpc) is 3.63. The third-order valence-electron chi connectivity index (χ3n) is 9.71. The minimum absolute atomic E-state index is 0.185. The van der Waals surface area contributed by atoms with Gasteiger partial charge >= 0.3 is 0 Å². The van der Waals surface area contributed by atoms with E-state index < -0.39 is 0 Å². The summed E-state index contributed by atoms with van der Waals surface area (Å²) in [5, 5.41) is 6.49. The van der Waals surface area contributed by atoms with Crippen LogP contribution >= 0.6 is 0 Å². The van der Waals surface area contributed by atoms with Gasteiger partial charge in [0.05, 0.1) is 13.1 Å². The third-order valence-corrected chi connectivity index (χ3v) is 9.71. The van der Waals surface area contributed by atoms with Crippen molar-refractivity contribution >= 4 is 23.5 Å². The van der Waals surface area contributed by atoms with Gasteiger partial charge in [0.2, 0.25) is 11.8 Å². The molecule has 0 spiro atoms. The molecule has 252 valence electrons. The number of hydrogen-bond acceptors (Lipinski definition) is 6.